The van der Waals surface area contributed by atoms with Crippen molar-refractivity contribution < 1.29 is 24.0 Å². The van der Waals surface area contributed by atoms with Gasteiger partial charge in [0, 0.05) is 45.1 Å². The molecule has 12 heteroatoms. The minimum atomic E-state index is -0.587. The third-order valence-corrected chi connectivity index (χ3v) is 8.18. The first-order valence-electron chi connectivity index (χ1n) is 13.0. The summed E-state index contributed by atoms with van der Waals surface area (Å²) >= 11 is 6.86. The molecule has 5 rings (SSSR count). The van der Waals surface area contributed by atoms with E-state index in [1.54, 1.807) is 36.4 Å². The quantitative estimate of drug-likeness (QED) is 0.0845. The Hall–Kier alpha value is -4.94. The van der Waals surface area contributed by atoms with Crippen molar-refractivity contribution in [3.63, 3.8) is 0 Å². The van der Waals surface area contributed by atoms with Crippen LogP contribution in [0.25, 0.3) is 11.8 Å². The first-order chi connectivity index (χ1) is 20.6. The topological polar surface area (TPSA) is 116 Å². The number of nitro groups is 1. The number of nitrogens with one attached hydrogen (secondary N) is 1. The third-order valence-electron chi connectivity index (χ3n) is 6.88. The van der Waals surface area contributed by atoms with Crippen molar-refractivity contribution in [3.8, 4) is 17.2 Å². The molecule has 0 spiro atoms. The van der Waals surface area contributed by atoms with Crippen molar-refractivity contribution >= 4 is 58.4 Å². The van der Waals surface area contributed by atoms with Crippen LogP contribution in [0.2, 0.25) is 0 Å². The highest BCUT2D eigenvalue weighted by Crippen LogP contribution is 2.35. The Balaban J connectivity index is 1.42. The van der Waals surface area contributed by atoms with E-state index in [1.165, 1.54) is 43.0 Å². The van der Waals surface area contributed by atoms with Gasteiger partial charge in [0.2, 0.25) is 0 Å². The number of hydrogen-bond acceptors (Lipinski definition) is 8. The van der Waals surface area contributed by atoms with Crippen molar-refractivity contribution in [2.75, 3.05) is 19.1 Å². The molecule has 0 aliphatic carbocycles. The lowest BCUT2D eigenvalue weighted by atomic mass is 10.1. The number of aryl methyl sites for hydroxylation is 1. The Morgan fingerprint density at radius 1 is 0.930 bits per heavy atom. The minimum absolute atomic E-state index is 0.0484. The zero-order valence-corrected chi connectivity index (χ0v) is 25.2. The standard InChI is InChI=1S/C31H26N4O6S2/c1-18-15-20(16-26-29(36)32-31(42)34(30(26)37)27-14-9-23(40-3)17-28(27)41-4)19(2)33(18)21-5-10-24(11-6-21)43-25-12-7-22(8-13-25)35(38)39/h5-17H,1-4H3,(H,32,36,42)/b26-16+. The van der Waals surface area contributed by atoms with Crippen LogP contribution in [0.15, 0.2) is 88.2 Å². The summed E-state index contributed by atoms with van der Waals surface area (Å²) in [5, 5.41) is 13.5. The highest BCUT2D eigenvalue weighted by Gasteiger charge is 2.36. The fourth-order valence-corrected chi connectivity index (χ4v) is 5.86. The molecule has 43 heavy (non-hydrogen) atoms. The summed E-state index contributed by atoms with van der Waals surface area (Å²) in [7, 11) is 3.00. The summed E-state index contributed by atoms with van der Waals surface area (Å²) in [6.07, 6.45) is 1.57. The van der Waals surface area contributed by atoms with Crippen LogP contribution in [0.5, 0.6) is 11.5 Å². The molecular formula is C31H26N4O6S2. The summed E-state index contributed by atoms with van der Waals surface area (Å²) in [5.41, 5.74) is 3.71. The summed E-state index contributed by atoms with van der Waals surface area (Å²) in [5.74, 6) is -0.258. The van der Waals surface area contributed by atoms with Crippen molar-refractivity contribution in [2.24, 2.45) is 0 Å². The second kappa shape index (κ2) is 12.1. The molecule has 3 aromatic carbocycles. The Kier molecular flexibility index (Phi) is 8.33. The second-order valence-electron chi connectivity index (χ2n) is 9.50. The molecule has 1 saturated heterocycles. The first-order valence-corrected chi connectivity index (χ1v) is 14.2. The SMILES string of the molecule is COc1ccc(N2C(=O)/C(=C/c3cc(C)n(-c4ccc(Sc5ccc([N+](=O)[O-])cc5)cc4)c3C)C(=O)NC2=S)c(OC)c1. The van der Waals surface area contributed by atoms with Crippen LogP contribution in [0.1, 0.15) is 17.0 Å². The number of nitro benzene ring substituents is 1. The lowest BCUT2D eigenvalue weighted by molar-refractivity contribution is -0.384. The lowest BCUT2D eigenvalue weighted by Gasteiger charge is -2.30. The summed E-state index contributed by atoms with van der Waals surface area (Å²) in [4.78, 5) is 40.2. The maximum atomic E-state index is 13.7. The Morgan fingerprint density at radius 3 is 2.19 bits per heavy atom. The normalized spacial score (nSPS) is 14.2. The number of nitrogens with zero attached hydrogens (tertiary/aromatic N) is 3. The largest absolute Gasteiger partial charge is 0.497 e. The maximum Gasteiger partial charge on any atom is 0.270 e. The molecule has 1 aromatic heterocycles. The van der Waals surface area contributed by atoms with E-state index in [2.05, 4.69) is 5.32 Å². The van der Waals surface area contributed by atoms with E-state index in [0.717, 1.165) is 26.9 Å². The van der Waals surface area contributed by atoms with Crippen LogP contribution in [0.4, 0.5) is 11.4 Å². The van der Waals surface area contributed by atoms with Gasteiger partial charge >= 0.3 is 0 Å². The van der Waals surface area contributed by atoms with E-state index in [-0.39, 0.29) is 16.4 Å². The van der Waals surface area contributed by atoms with Gasteiger partial charge in [0.1, 0.15) is 17.1 Å². The van der Waals surface area contributed by atoms with E-state index in [0.29, 0.717) is 22.7 Å². The van der Waals surface area contributed by atoms with Crippen LogP contribution >= 0.6 is 24.0 Å². The van der Waals surface area contributed by atoms with Gasteiger partial charge in [-0.05, 0) is 92.3 Å². The molecule has 2 amide bonds. The lowest BCUT2D eigenvalue weighted by Crippen LogP contribution is -2.54. The molecule has 0 bridgehead atoms. The van der Waals surface area contributed by atoms with Gasteiger partial charge in [0.25, 0.3) is 17.5 Å². The van der Waals surface area contributed by atoms with Crippen molar-refractivity contribution in [2.45, 2.75) is 23.6 Å². The molecule has 1 N–H and O–H groups in total. The number of non-ortho nitro benzene ring substituents is 1. The van der Waals surface area contributed by atoms with Gasteiger partial charge in [0.15, 0.2) is 5.11 Å². The number of methoxy groups -OCH3 is 2. The molecule has 1 fully saturated rings. The number of benzene rings is 3. The van der Waals surface area contributed by atoms with Gasteiger partial charge in [-0.25, -0.2) is 4.90 Å². The predicted molar refractivity (Wildman–Crippen MR) is 168 cm³/mol. The van der Waals surface area contributed by atoms with Crippen molar-refractivity contribution in [1.82, 2.24) is 9.88 Å². The van der Waals surface area contributed by atoms with Crippen LogP contribution in [-0.4, -0.2) is 40.6 Å². The van der Waals surface area contributed by atoms with E-state index in [9.17, 15) is 19.7 Å². The molecular weight excluding hydrogens is 588 g/mol. The molecule has 218 valence electrons. The fraction of sp³-hybridized carbons (Fsp3) is 0.129. The monoisotopic (exact) mass is 614 g/mol. The zero-order valence-electron chi connectivity index (χ0n) is 23.6. The average molecular weight is 615 g/mol. The number of carbonyl (C=O) groups is 2. The predicted octanol–water partition coefficient (Wildman–Crippen LogP) is 6.00. The number of thiocarbonyl (C=S) groups is 1. The number of rotatable bonds is 8. The first kappa shape index (κ1) is 29.5. The maximum absolute atomic E-state index is 13.7. The number of anilines is 1. The number of ether oxygens (including phenoxy) is 2. The van der Waals surface area contributed by atoms with Crippen LogP contribution in [-0.2, 0) is 9.59 Å². The van der Waals surface area contributed by atoms with Gasteiger partial charge < -0.3 is 14.0 Å². The highest BCUT2D eigenvalue weighted by atomic mass is 32.2. The fourth-order valence-electron chi connectivity index (χ4n) is 4.77. The van der Waals surface area contributed by atoms with E-state index >= 15 is 0 Å². The Morgan fingerprint density at radius 2 is 1.58 bits per heavy atom. The third kappa shape index (κ3) is 5.87. The number of amides is 2. The number of carbonyl (C=O) groups excluding carboxylic acids is 2. The van der Waals surface area contributed by atoms with E-state index in [1.807, 2.05) is 48.7 Å². The Bertz CT molecular complexity index is 1800. The molecule has 0 saturated carbocycles. The van der Waals surface area contributed by atoms with E-state index in [4.69, 9.17) is 21.7 Å². The van der Waals surface area contributed by atoms with Gasteiger partial charge in [0.05, 0.1) is 24.8 Å². The molecule has 10 nitrogen and oxygen atoms in total. The Labute approximate surface area is 257 Å². The minimum Gasteiger partial charge on any atom is -0.497 e. The van der Waals surface area contributed by atoms with Gasteiger partial charge in [-0.3, -0.25) is 25.0 Å². The molecule has 0 atom stereocenters. The van der Waals surface area contributed by atoms with Crippen molar-refractivity contribution in [3.05, 3.63) is 105 Å². The smallest absolute Gasteiger partial charge is 0.270 e. The van der Waals surface area contributed by atoms with E-state index < -0.39 is 16.7 Å². The van der Waals surface area contributed by atoms with Crippen LogP contribution in [0, 0.1) is 24.0 Å². The molecule has 0 radical (unpaired) electrons. The second-order valence-corrected chi connectivity index (χ2v) is 11.0. The number of aromatic nitrogens is 1. The van der Waals surface area contributed by atoms with Crippen LogP contribution < -0.4 is 19.7 Å². The molecule has 0 unspecified atom stereocenters. The number of hydrogen-bond donors (Lipinski definition) is 1. The molecule has 1 aliphatic rings. The summed E-state index contributed by atoms with van der Waals surface area (Å²) in [6.45, 7) is 3.86. The highest BCUT2D eigenvalue weighted by molar-refractivity contribution is 7.99. The zero-order chi connectivity index (χ0) is 30.8. The molecule has 4 aromatic rings. The van der Waals surface area contributed by atoms with Crippen LogP contribution in [0.3, 0.4) is 0 Å². The summed E-state index contributed by atoms with van der Waals surface area (Å²) in [6, 6.07) is 21.2. The molecule has 1 aliphatic heterocycles. The molecule has 2 heterocycles. The summed E-state index contributed by atoms with van der Waals surface area (Å²) < 4.78 is 12.8. The van der Waals surface area contributed by atoms with Crippen molar-refractivity contribution in [1.29, 1.82) is 0 Å². The van der Waals surface area contributed by atoms with Gasteiger partial charge in [-0.2, -0.15) is 0 Å². The van der Waals surface area contributed by atoms with Gasteiger partial charge in [-0.15, -0.1) is 0 Å². The average Bonchev–Trinajstić information content (AvgIpc) is 3.28. The van der Waals surface area contributed by atoms with Gasteiger partial charge in [-0.1, -0.05) is 11.8 Å².